The molecule has 104 valence electrons. The first-order valence-corrected chi connectivity index (χ1v) is 6.74. The van der Waals surface area contributed by atoms with Gasteiger partial charge >= 0.3 is 12.0 Å². The molecular formula is C12H17N3O3S. The van der Waals surface area contributed by atoms with E-state index in [2.05, 4.69) is 22.2 Å². The summed E-state index contributed by atoms with van der Waals surface area (Å²) < 4.78 is 0. The minimum Gasteiger partial charge on any atom is -0.476 e. The highest BCUT2D eigenvalue weighted by atomic mass is 32.1. The number of carbonyl (C=O) groups excluding carboxylic acids is 1. The Bertz CT molecular complexity index is 459. The first-order valence-electron chi connectivity index (χ1n) is 5.86. The van der Waals surface area contributed by atoms with E-state index in [1.807, 2.05) is 6.92 Å². The second-order valence-corrected chi connectivity index (χ2v) is 4.95. The second-order valence-electron chi connectivity index (χ2n) is 4.01. The fourth-order valence-electron chi connectivity index (χ4n) is 1.39. The number of carboxylic acids is 1. The van der Waals surface area contributed by atoms with E-state index < -0.39 is 5.97 Å². The van der Waals surface area contributed by atoms with Crippen LogP contribution in [0.4, 0.5) is 4.79 Å². The molecule has 0 aliphatic rings. The number of aromatic carboxylic acids is 1. The van der Waals surface area contributed by atoms with Crippen LogP contribution in [-0.4, -0.2) is 34.7 Å². The molecule has 0 aromatic carbocycles. The minimum absolute atomic E-state index is 0.0379. The van der Waals surface area contributed by atoms with Gasteiger partial charge in [-0.3, -0.25) is 0 Å². The van der Waals surface area contributed by atoms with Crippen molar-refractivity contribution in [1.82, 2.24) is 15.6 Å². The molecular weight excluding hydrogens is 266 g/mol. The maximum Gasteiger partial charge on any atom is 0.355 e. The fourth-order valence-corrected chi connectivity index (χ4v) is 2.16. The summed E-state index contributed by atoms with van der Waals surface area (Å²) >= 11 is 1.27. The van der Waals surface area contributed by atoms with Gasteiger partial charge in [0.15, 0.2) is 5.69 Å². The summed E-state index contributed by atoms with van der Waals surface area (Å²) in [7, 11) is 0. The Balaban J connectivity index is 2.27. The summed E-state index contributed by atoms with van der Waals surface area (Å²) in [5, 5.41) is 16.4. The van der Waals surface area contributed by atoms with Crippen LogP contribution in [0.5, 0.6) is 0 Å². The molecule has 2 amide bonds. The molecule has 3 N–H and O–H groups in total. The Morgan fingerprint density at radius 3 is 2.95 bits per heavy atom. The van der Waals surface area contributed by atoms with Crippen molar-refractivity contribution in [2.24, 2.45) is 0 Å². The van der Waals surface area contributed by atoms with Gasteiger partial charge in [0.1, 0.15) is 0 Å². The third-order valence-electron chi connectivity index (χ3n) is 2.29. The lowest BCUT2D eigenvalue weighted by Crippen LogP contribution is -2.41. The van der Waals surface area contributed by atoms with Crippen LogP contribution in [0.1, 0.15) is 28.8 Å². The molecule has 7 heteroatoms. The van der Waals surface area contributed by atoms with Crippen LogP contribution >= 0.6 is 11.3 Å². The van der Waals surface area contributed by atoms with Gasteiger partial charge in [0.05, 0.1) is 5.01 Å². The average molecular weight is 283 g/mol. The molecule has 0 saturated carbocycles. The van der Waals surface area contributed by atoms with Crippen LogP contribution < -0.4 is 10.6 Å². The number of thiazole rings is 1. The SMILES string of the molecule is C=CCC(C)NC(=O)NCCc1nc(C(=O)O)cs1. The molecule has 0 radical (unpaired) electrons. The zero-order chi connectivity index (χ0) is 14.3. The number of hydrogen-bond donors (Lipinski definition) is 3. The first kappa shape index (κ1) is 15.2. The molecule has 1 unspecified atom stereocenters. The molecule has 19 heavy (non-hydrogen) atoms. The highest BCUT2D eigenvalue weighted by Gasteiger charge is 2.09. The molecule has 0 spiro atoms. The van der Waals surface area contributed by atoms with E-state index in [4.69, 9.17) is 5.11 Å². The van der Waals surface area contributed by atoms with Gasteiger partial charge in [-0.05, 0) is 13.3 Å². The smallest absolute Gasteiger partial charge is 0.355 e. The number of hydrogen-bond acceptors (Lipinski definition) is 4. The van der Waals surface area contributed by atoms with Gasteiger partial charge < -0.3 is 15.7 Å². The molecule has 1 atom stereocenters. The van der Waals surface area contributed by atoms with Crippen LogP contribution in [0, 0.1) is 0 Å². The Kier molecular flexibility index (Phi) is 6.01. The topological polar surface area (TPSA) is 91.3 Å². The van der Waals surface area contributed by atoms with Crippen LogP contribution in [0.15, 0.2) is 18.0 Å². The molecule has 6 nitrogen and oxygen atoms in total. The fraction of sp³-hybridized carbons (Fsp3) is 0.417. The predicted molar refractivity (Wildman–Crippen MR) is 73.6 cm³/mol. The van der Waals surface area contributed by atoms with Crippen molar-refractivity contribution in [2.45, 2.75) is 25.8 Å². The number of rotatable bonds is 7. The number of carbonyl (C=O) groups is 2. The van der Waals surface area contributed by atoms with E-state index >= 15 is 0 Å². The molecule has 0 aliphatic carbocycles. The van der Waals surface area contributed by atoms with Crippen LogP contribution in [0.3, 0.4) is 0 Å². The predicted octanol–water partition coefficient (Wildman–Crippen LogP) is 1.65. The van der Waals surface area contributed by atoms with E-state index in [9.17, 15) is 9.59 Å². The Morgan fingerprint density at radius 2 is 2.37 bits per heavy atom. The molecule has 1 aromatic rings. The Hall–Kier alpha value is -1.89. The number of nitrogens with one attached hydrogen (secondary N) is 2. The number of amides is 2. The zero-order valence-corrected chi connectivity index (χ0v) is 11.5. The van der Waals surface area contributed by atoms with Gasteiger partial charge in [-0.2, -0.15) is 0 Å². The van der Waals surface area contributed by atoms with Crippen molar-refractivity contribution in [2.75, 3.05) is 6.54 Å². The summed E-state index contributed by atoms with van der Waals surface area (Å²) in [4.78, 5) is 26.0. The van der Waals surface area contributed by atoms with E-state index in [1.54, 1.807) is 6.08 Å². The standard InChI is InChI=1S/C12H17N3O3S/c1-3-4-8(2)14-12(18)13-6-5-10-15-9(7-19-10)11(16)17/h3,7-8H,1,4-6H2,2H3,(H,16,17)(H2,13,14,18). The maximum atomic E-state index is 11.5. The Morgan fingerprint density at radius 1 is 1.63 bits per heavy atom. The largest absolute Gasteiger partial charge is 0.476 e. The first-order chi connectivity index (χ1) is 9.02. The van der Waals surface area contributed by atoms with E-state index in [-0.39, 0.29) is 17.8 Å². The summed E-state index contributed by atoms with van der Waals surface area (Å²) in [5.74, 6) is -1.04. The van der Waals surface area contributed by atoms with Crippen LogP contribution in [-0.2, 0) is 6.42 Å². The summed E-state index contributed by atoms with van der Waals surface area (Å²) in [6, 6.07) is -0.208. The molecule has 0 fully saturated rings. The van der Waals surface area contributed by atoms with Crippen molar-refractivity contribution in [3.05, 3.63) is 28.7 Å². The lowest BCUT2D eigenvalue weighted by molar-refractivity contribution is 0.0691. The van der Waals surface area contributed by atoms with Gasteiger partial charge in [-0.15, -0.1) is 17.9 Å². The zero-order valence-electron chi connectivity index (χ0n) is 10.7. The van der Waals surface area contributed by atoms with Crippen molar-refractivity contribution < 1.29 is 14.7 Å². The lowest BCUT2D eigenvalue weighted by Gasteiger charge is -2.12. The molecule has 0 aliphatic heterocycles. The van der Waals surface area contributed by atoms with Crippen molar-refractivity contribution >= 4 is 23.3 Å². The minimum atomic E-state index is -1.04. The van der Waals surface area contributed by atoms with E-state index in [0.29, 0.717) is 24.4 Å². The van der Waals surface area contributed by atoms with Gasteiger partial charge in [0.25, 0.3) is 0 Å². The van der Waals surface area contributed by atoms with Crippen molar-refractivity contribution in [3.63, 3.8) is 0 Å². The van der Waals surface area contributed by atoms with E-state index in [0.717, 1.165) is 0 Å². The quantitative estimate of drug-likeness (QED) is 0.663. The van der Waals surface area contributed by atoms with E-state index in [1.165, 1.54) is 16.7 Å². The highest BCUT2D eigenvalue weighted by Crippen LogP contribution is 2.09. The second kappa shape index (κ2) is 7.52. The molecule has 1 heterocycles. The number of nitrogens with zero attached hydrogens (tertiary/aromatic N) is 1. The van der Waals surface area contributed by atoms with Crippen LogP contribution in [0.2, 0.25) is 0 Å². The molecule has 0 saturated heterocycles. The summed E-state index contributed by atoms with van der Waals surface area (Å²) in [6.07, 6.45) is 2.97. The third-order valence-corrected chi connectivity index (χ3v) is 3.20. The third kappa shape index (κ3) is 5.52. The number of aromatic nitrogens is 1. The monoisotopic (exact) mass is 283 g/mol. The van der Waals surface area contributed by atoms with Crippen molar-refractivity contribution in [1.29, 1.82) is 0 Å². The molecule has 1 rings (SSSR count). The maximum absolute atomic E-state index is 11.5. The van der Waals surface area contributed by atoms with Gasteiger partial charge in [-0.1, -0.05) is 6.08 Å². The highest BCUT2D eigenvalue weighted by molar-refractivity contribution is 7.09. The molecule has 0 bridgehead atoms. The lowest BCUT2D eigenvalue weighted by atomic mass is 10.2. The number of carboxylic acid groups (broad SMARTS) is 1. The van der Waals surface area contributed by atoms with Gasteiger partial charge in [0, 0.05) is 24.4 Å². The summed E-state index contributed by atoms with van der Waals surface area (Å²) in [5.41, 5.74) is 0.0454. The number of urea groups is 1. The van der Waals surface area contributed by atoms with Gasteiger partial charge in [0.2, 0.25) is 0 Å². The van der Waals surface area contributed by atoms with Crippen molar-refractivity contribution in [3.8, 4) is 0 Å². The Labute approximate surface area is 115 Å². The summed E-state index contributed by atoms with van der Waals surface area (Å²) in [6.45, 7) is 5.91. The average Bonchev–Trinajstić information content (AvgIpc) is 2.78. The molecule has 1 aromatic heterocycles. The van der Waals surface area contributed by atoms with Crippen LogP contribution in [0.25, 0.3) is 0 Å². The van der Waals surface area contributed by atoms with Gasteiger partial charge in [-0.25, -0.2) is 14.6 Å². The normalized spacial score (nSPS) is 11.6.